The van der Waals surface area contributed by atoms with Crippen LogP contribution in [0.4, 0.5) is 4.39 Å². The first-order chi connectivity index (χ1) is 17.2. The molecule has 2 aromatic rings. The highest BCUT2D eigenvalue weighted by Gasteiger charge is 2.29. The summed E-state index contributed by atoms with van der Waals surface area (Å²) in [4.78, 5) is 28.9. The van der Waals surface area contributed by atoms with Crippen molar-refractivity contribution in [2.24, 2.45) is 17.6 Å². The van der Waals surface area contributed by atoms with E-state index in [-0.39, 0.29) is 17.7 Å². The number of hydrogen-bond donors (Lipinski definition) is 1. The van der Waals surface area contributed by atoms with Crippen LogP contribution in [0, 0.1) is 11.8 Å². The molecule has 0 saturated carbocycles. The fraction of sp³-hybridized carbons (Fsp3) is 0.517. The van der Waals surface area contributed by atoms with E-state index in [0.717, 1.165) is 55.6 Å². The van der Waals surface area contributed by atoms with Gasteiger partial charge in [0.25, 0.3) is 5.91 Å². The molecule has 2 aliphatic rings. The van der Waals surface area contributed by atoms with Gasteiger partial charge in [-0.2, -0.15) is 0 Å². The maximum Gasteiger partial charge on any atom is 0.254 e. The predicted molar refractivity (Wildman–Crippen MR) is 140 cm³/mol. The second kappa shape index (κ2) is 11.4. The van der Waals surface area contributed by atoms with Crippen molar-refractivity contribution in [2.45, 2.75) is 45.2 Å². The van der Waals surface area contributed by atoms with E-state index >= 15 is 0 Å². The van der Waals surface area contributed by atoms with E-state index < -0.39 is 5.67 Å². The summed E-state index contributed by atoms with van der Waals surface area (Å²) in [6, 6.07) is 15.4. The third-order valence-electron chi connectivity index (χ3n) is 7.23. The van der Waals surface area contributed by atoms with Crippen molar-refractivity contribution in [3.63, 3.8) is 0 Å². The van der Waals surface area contributed by atoms with Crippen LogP contribution >= 0.6 is 0 Å². The quantitative estimate of drug-likeness (QED) is 0.584. The average molecular weight is 496 g/mol. The van der Waals surface area contributed by atoms with Crippen molar-refractivity contribution in [1.29, 1.82) is 0 Å². The van der Waals surface area contributed by atoms with Crippen molar-refractivity contribution in [3.05, 3.63) is 54.1 Å². The highest BCUT2D eigenvalue weighted by atomic mass is 19.1. The Morgan fingerprint density at radius 2 is 1.72 bits per heavy atom. The van der Waals surface area contributed by atoms with Crippen molar-refractivity contribution >= 4 is 11.8 Å². The van der Waals surface area contributed by atoms with Gasteiger partial charge in [0.2, 0.25) is 5.91 Å². The van der Waals surface area contributed by atoms with Gasteiger partial charge in [0.1, 0.15) is 11.4 Å². The molecule has 0 bridgehead atoms. The number of ether oxygens (including phenoxy) is 1. The number of nitrogens with two attached hydrogens (primary N) is 1. The van der Waals surface area contributed by atoms with E-state index in [2.05, 4.69) is 4.90 Å². The number of amides is 2. The number of halogens is 1. The molecule has 2 saturated heterocycles. The summed E-state index contributed by atoms with van der Waals surface area (Å²) >= 11 is 0. The lowest BCUT2D eigenvalue weighted by atomic mass is 9.94. The number of nitrogens with zero attached hydrogens (tertiary/aromatic N) is 2. The average Bonchev–Trinajstić information content (AvgIpc) is 2.87. The molecule has 0 aliphatic carbocycles. The van der Waals surface area contributed by atoms with Gasteiger partial charge in [0, 0.05) is 25.2 Å². The minimum atomic E-state index is -1.16. The fourth-order valence-electron chi connectivity index (χ4n) is 5.27. The van der Waals surface area contributed by atoms with Gasteiger partial charge in [-0.25, -0.2) is 4.39 Å². The van der Waals surface area contributed by atoms with Crippen molar-refractivity contribution < 1.29 is 18.7 Å². The van der Waals surface area contributed by atoms with Crippen LogP contribution in [0.2, 0.25) is 0 Å². The van der Waals surface area contributed by atoms with E-state index in [4.69, 9.17) is 10.5 Å². The van der Waals surface area contributed by atoms with Gasteiger partial charge in [0.05, 0.1) is 12.5 Å². The van der Waals surface area contributed by atoms with Crippen molar-refractivity contribution in [2.75, 3.05) is 39.3 Å². The zero-order valence-corrected chi connectivity index (χ0v) is 21.4. The Bertz CT molecular complexity index is 1040. The maximum atomic E-state index is 13.9. The third kappa shape index (κ3) is 6.84. The van der Waals surface area contributed by atoms with Gasteiger partial charge in [-0.15, -0.1) is 0 Å². The van der Waals surface area contributed by atoms with Gasteiger partial charge in [-0.1, -0.05) is 30.3 Å². The Kier molecular flexibility index (Phi) is 8.29. The number of piperidine rings is 2. The number of benzene rings is 2. The van der Waals surface area contributed by atoms with Crippen LogP contribution in [0.3, 0.4) is 0 Å². The Labute approximate surface area is 213 Å². The monoisotopic (exact) mass is 495 g/mol. The molecule has 0 radical (unpaired) electrons. The molecule has 0 aromatic heterocycles. The Hall–Kier alpha value is -2.93. The molecule has 2 fully saturated rings. The highest BCUT2D eigenvalue weighted by Crippen LogP contribution is 2.29. The first-order valence-corrected chi connectivity index (χ1v) is 13.0. The molecule has 2 N–H and O–H groups in total. The smallest absolute Gasteiger partial charge is 0.254 e. The number of carbonyl (C=O) groups is 2. The summed E-state index contributed by atoms with van der Waals surface area (Å²) in [5.74, 6) is 0.574. The van der Waals surface area contributed by atoms with E-state index in [1.807, 2.05) is 48.5 Å². The molecule has 4 rings (SSSR count). The van der Waals surface area contributed by atoms with Crippen LogP contribution in [0.25, 0.3) is 11.1 Å². The minimum absolute atomic E-state index is 0.0700. The summed E-state index contributed by atoms with van der Waals surface area (Å²) in [5.41, 5.74) is 6.77. The topological polar surface area (TPSA) is 75.9 Å². The Balaban J connectivity index is 1.35. The van der Waals surface area contributed by atoms with Gasteiger partial charge in [-0.05, 0) is 87.9 Å². The van der Waals surface area contributed by atoms with Crippen LogP contribution in [-0.2, 0) is 4.79 Å². The van der Waals surface area contributed by atoms with Gasteiger partial charge < -0.3 is 20.3 Å². The van der Waals surface area contributed by atoms with Crippen molar-refractivity contribution in [3.8, 4) is 16.9 Å². The minimum Gasteiger partial charge on any atom is -0.493 e. The van der Waals surface area contributed by atoms with Crippen LogP contribution in [-0.4, -0.2) is 66.6 Å². The van der Waals surface area contributed by atoms with E-state index in [1.165, 1.54) is 0 Å². The fourth-order valence-corrected chi connectivity index (χ4v) is 5.27. The van der Waals surface area contributed by atoms with E-state index in [9.17, 15) is 14.0 Å². The number of hydrogen-bond acceptors (Lipinski definition) is 4. The molecule has 2 heterocycles. The number of alkyl halides is 1. The predicted octanol–water partition coefficient (Wildman–Crippen LogP) is 4.53. The molecule has 1 atom stereocenters. The normalized spacial score (nSPS) is 19.8. The summed E-state index contributed by atoms with van der Waals surface area (Å²) in [5, 5.41) is 0. The van der Waals surface area contributed by atoms with Crippen LogP contribution in [0.5, 0.6) is 5.75 Å². The zero-order chi connectivity index (χ0) is 25.7. The SMILES string of the molecule is CC(C)(F)CN1CCC(COc2ccc(-c3ccccc3C(=O)N3CCC[C@H](C(N)=O)C3)cc2)CC1. The molecule has 0 unspecified atom stereocenters. The molecule has 194 valence electrons. The number of rotatable bonds is 8. The first-order valence-electron chi connectivity index (χ1n) is 13.0. The molecular weight excluding hydrogens is 457 g/mol. The second-order valence-electron chi connectivity index (χ2n) is 10.8. The molecule has 6 nitrogen and oxygen atoms in total. The molecule has 2 amide bonds. The maximum absolute atomic E-state index is 13.9. The van der Waals surface area contributed by atoms with Crippen LogP contribution < -0.4 is 10.5 Å². The number of carbonyl (C=O) groups excluding carboxylic acids is 2. The summed E-state index contributed by atoms with van der Waals surface area (Å²) in [7, 11) is 0. The van der Waals surface area contributed by atoms with Gasteiger partial charge in [-0.3, -0.25) is 9.59 Å². The number of likely N-dealkylation sites (tertiary alicyclic amines) is 2. The lowest BCUT2D eigenvalue weighted by Gasteiger charge is -2.34. The summed E-state index contributed by atoms with van der Waals surface area (Å²) in [6.07, 6.45) is 3.53. The third-order valence-corrected chi connectivity index (χ3v) is 7.23. The standard InChI is InChI=1S/C29H38FN3O3/c1-29(2,30)20-32-16-13-21(14-17-32)19-36-24-11-9-22(10-12-24)25-7-3-4-8-26(25)28(35)33-15-5-6-23(18-33)27(31)34/h3-4,7-12,21,23H,5-6,13-20H2,1-2H3,(H2,31,34)/t23-/m0/s1. The molecular formula is C29H38FN3O3. The largest absolute Gasteiger partial charge is 0.493 e. The molecule has 0 spiro atoms. The molecule has 2 aromatic carbocycles. The van der Waals surface area contributed by atoms with Crippen LogP contribution in [0.1, 0.15) is 49.9 Å². The van der Waals surface area contributed by atoms with E-state index in [1.54, 1.807) is 18.7 Å². The van der Waals surface area contributed by atoms with Gasteiger partial charge >= 0.3 is 0 Å². The zero-order valence-electron chi connectivity index (χ0n) is 21.4. The Morgan fingerprint density at radius 1 is 1.03 bits per heavy atom. The van der Waals surface area contributed by atoms with E-state index in [0.29, 0.717) is 37.7 Å². The van der Waals surface area contributed by atoms with Gasteiger partial charge in [0.15, 0.2) is 0 Å². The lowest BCUT2D eigenvalue weighted by Crippen LogP contribution is -2.44. The van der Waals surface area contributed by atoms with Crippen molar-refractivity contribution in [1.82, 2.24) is 9.80 Å². The second-order valence-corrected chi connectivity index (χ2v) is 10.8. The summed E-state index contributed by atoms with van der Waals surface area (Å²) in [6.45, 7) is 7.21. The molecule has 36 heavy (non-hydrogen) atoms. The lowest BCUT2D eigenvalue weighted by molar-refractivity contribution is -0.123. The first kappa shape index (κ1) is 26.1. The number of primary amides is 1. The van der Waals surface area contributed by atoms with Crippen LogP contribution in [0.15, 0.2) is 48.5 Å². The Morgan fingerprint density at radius 3 is 2.39 bits per heavy atom. The summed E-state index contributed by atoms with van der Waals surface area (Å²) < 4.78 is 20.0. The highest BCUT2D eigenvalue weighted by molar-refractivity contribution is 6.01. The molecule has 7 heteroatoms. The molecule has 2 aliphatic heterocycles.